The Hall–Kier alpha value is -2.95. The summed E-state index contributed by atoms with van der Waals surface area (Å²) < 4.78 is 13.1. The molecule has 2 aromatic carbocycles. The highest BCUT2D eigenvalue weighted by Crippen LogP contribution is 2.25. The first-order chi connectivity index (χ1) is 12.2. The van der Waals surface area contributed by atoms with Gasteiger partial charge in [-0.2, -0.15) is 4.98 Å². The summed E-state index contributed by atoms with van der Waals surface area (Å²) in [6.45, 7) is 3.74. The molecule has 0 saturated carbocycles. The molecule has 4 rings (SSSR count). The van der Waals surface area contributed by atoms with Gasteiger partial charge in [0.1, 0.15) is 11.6 Å². The first-order valence-corrected chi connectivity index (χ1v) is 8.37. The van der Waals surface area contributed by atoms with Crippen LogP contribution < -0.4 is 10.2 Å². The van der Waals surface area contributed by atoms with Crippen LogP contribution in [-0.2, 0) is 13.0 Å². The molecule has 1 aliphatic heterocycles. The molecular formula is C20H19FN4. The Morgan fingerprint density at radius 1 is 1.00 bits per heavy atom. The molecular weight excluding hydrogens is 315 g/mol. The van der Waals surface area contributed by atoms with Crippen LogP contribution in [0.4, 0.5) is 21.8 Å². The van der Waals surface area contributed by atoms with Crippen molar-refractivity contribution in [1.82, 2.24) is 9.97 Å². The van der Waals surface area contributed by atoms with Crippen LogP contribution in [0.3, 0.4) is 0 Å². The minimum atomic E-state index is -0.261. The van der Waals surface area contributed by atoms with Crippen LogP contribution in [0.15, 0.2) is 54.6 Å². The summed E-state index contributed by atoms with van der Waals surface area (Å²) in [5.74, 6) is 1.18. The maximum Gasteiger partial charge on any atom is 0.229 e. The fourth-order valence-corrected chi connectivity index (χ4v) is 3.12. The molecule has 0 bridgehead atoms. The molecule has 0 fully saturated rings. The predicted octanol–water partition coefficient (Wildman–Crippen LogP) is 4.23. The molecule has 0 unspecified atom stereocenters. The van der Waals surface area contributed by atoms with E-state index in [1.807, 2.05) is 13.0 Å². The number of anilines is 3. The van der Waals surface area contributed by atoms with Gasteiger partial charge in [-0.3, -0.25) is 0 Å². The first kappa shape index (κ1) is 15.6. The van der Waals surface area contributed by atoms with Gasteiger partial charge in [0.15, 0.2) is 0 Å². The number of aromatic nitrogens is 2. The molecule has 0 saturated heterocycles. The fourth-order valence-electron chi connectivity index (χ4n) is 3.12. The summed E-state index contributed by atoms with van der Waals surface area (Å²) in [4.78, 5) is 11.4. The smallest absolute Gasteiger partial charge is 0.229 e. The van der Waals surface area contributed by atoms with Crippen LogP contribution >= 0.6 is 0 Å². The standard InChI is InChI=1S/C20H19FN4/c1-14-12-19(25-11-10-15-4-2-3-5-16(15)13-25)24-20(22-14)23-18-8-6-17(21)7-9-18/h2-9,12H,10-11,13H2,1H3,(H,22,23,24). The maximum atomic E-state index is 13.1. The largest absolute Gasteiger partial charge is 0.352 e. The van der Waals surface area contributed by atoms with Crippen LogP contribution in [-0.4, -0.2) is 16.5 Å². The molecule has 126 valence electrons. The van der Waals surface area contributed by atoms with Crippen LogP contribution in [0.25, 0.3) is 0 Å². The molecule has 0 atom stereocenters. The second-order valence-corrected chi connectivity index (χ2v) is 6.26. The molecule has 2 heterocycles. The Balaban J connectivity index is 1.59. The summed E-state index contributed by atoms with van der Waals surface area (Å²) in [6, 6.07) is 16.7. The quantitative estimate of drug-likeness (QED) is 0.778. The van der Waals surface area contributed by atoms with Gasteiger partial charge in [-0.15, -0.1) is 0 Å². The lowest BCUT2D eigenvalue weighted by Gasteiger charge is -2.30. The van der Waals surface area contributed by atoms with Crippen LogP contribution in [0.2, 0.25) is 0 Å². The zero-order valence-electron chi connectivity index (χ0n) is 14.0. The van der Waals surface area contributed by atoms with Gasteiger partial charge < -0.3 is 10.2 Å². The number of nitrogens with one attached hydrogen (secondary N) is 1. The van der Waals surface area contributed by atoms with Gasteiger partial charge in [0.05, 0.1) is 0 Å². The van der Waals surface area contributed by atoms with Crippen molar-refractivity contribution < 1.29 is 4.39 Å². The number of hydrogen-bond donors (Lipinski definition) is 1. The van der Waals surface area contributed by atoms with E-state index >= 15 is 0 Å². The van der Waals surface area contributed by atoms with Gasteiger partial charge in [-0.25, -0.2) is 9.37 Å². The van der Waals surface area contributed by atoms with Gasteiger partial charge in [0, 0.05) is 30.5 Å². The van der Waals surface area contributed by atoms with Crippen molar-refractivity contribution in [3.63, 3.8) is 0 Å². The van der Waals surface area contributed by atoms with Crippen molar-refractivity contribution >= 4 is 17.5 Å². The number of nitrogens with zero attached hydrogens (tertiary/aromatic N) is 3. The highest BCUT2D eigenvalue weighted by Gasteiger charge is 2.18. The monoisotopic (exact) mass is 334 g/mol. The Morgan fingerprint density at radius 3 is 2.56 bits per heavy atom. The number of aryl methyl sites for hydroxylation is 1. The lowest BCUT2D eigenvalue weighted by Crippen LogP contribution is -2.31. The van der Waals surface area contributed by atoms with Crippen molar-refractivity contribution in [2.45, 2.75) is 19.9 Å². The minimum absolute atomic E-state index is 0.261. The van der Waals surface area contributed by atoms with E-state index in [4.69, 9.17) is 0 Å². The lowest BCUT2D eigenvalue weighted by molar-refractivity contribution is 0.628. The molecule has 3 aromatic rings. The van der Waals surface area contributed by atoms with Crippen LogP contribution in [0.5, 0.6) is 0 Å². The van der Waals surface area contributed by atoms with E-state index in [-0.39, 0.29) is 5.82 Å². The second-order valence-electron chi connectivity index (χ2n) is 6.26. The zero-order chi connectivity index (χ0) is 17.2. The van der Waals surface area contributed by atoms with Crippen molar-refractivity contribution in [3.8, 4) is 0 Å². The summed E-state index contributed by atoms with van der Waals surface area (Å²) >= 11 is 0. The predicted molar refractivity (Wildman–Crippen MR) is 97.6 cm³/mol. The maximum absolute atomic E-state index is 13.1. The van der Waals surface area contributed by atoms with E-state index < -0.39 is 0 Å². The van der Waals surface area contributed by atoms with Gasteiger partial charge in [0.2, 0.25) is 5.95 Å². The van der Waals surface area contributed by atoms with Crippen LogP contribution in [0, 0.1) is 12.7 Å². The first-order valence-electron chi connectivity index (χ1n) is 8.37. The van der Waals surface area contributed by atoms with E-state index in [2.05, 4.69) is 44.5 Å². The van der Waals surface area contributed by atoms with Crippen molar-refractivity contribution in [2.75, 3.05) is 16.8 Å². The Bertz CT molecular complexity index is 892. The van der Waals surface area contributed by atoms with E-state index in [1.165, 1.54) is 23.3 Å². The number of halogens is 1. The SMILES string of the molecule is Cc1cc(N2CCc3ccccc3C2)nc(Nc2ccc(F)cc2)n1. The molecule has 0 amide bonds. The molecule has 5 heteroatoms. The number of benzene rings is 2. The van der Waals surface area contributed by atoms with Crippen molar-refractivity contribution in [1.29, 1.82) is 0 Å². The van der Waals surface area contributed by atoms with Gasteiger partial charge >= 0.3 is 0 Å². The molecule has 0 radical (unpaired) electrons. The molecule has 0 spiro atoms. The van der Waals surface area contributed by atoms with Gasteiger partial charge in [-0.05, 0) is 48.7 Å². The van der Waals surface area contributed by atoms with E-state index in [0.717, 1.165) is 36.7 Å². The average molecular weight is 334 g/mol. The second kappa shape index (κ2) is 6.51. The third-order valence-electron chi connectivity index (χ3n) is 4.40. The summed E-state index contributed by atoms with van der Waals surface area (Å²) in [7, 11) is 0. The van der Waals surface area contributed by atoms with E-state index in [9.17, 15) is 4.39 Å². The molecule has 1 N–H and O–H groups in total. The van der Waals surface area contributed by atoms with Crippen molar-refractivity contribution in [2.24, 2.45) is 0 Å². The van der Waals surface area contributed by atoms with Gasteiger partial charge in [0.25, 0.3) is 0 Å². The Kier molecular flexibility index (Phi) is 4.06. The Labute approximate surface area is 146 Å². The van der Waals surface area contributed by atoms with E-state index in [1.54, 1.807) is 12.1 Å². The van der Waals surface area contributed by atoms with Crippen LogP contribution in [0.1, 0.15) is 16.8 Å². The molecule has 25 heavy (non-hydrogen) atoms. The van der Waals surface area contributed by atoms with Crippen molar-refractivity contribution in [3.05, 3.63) is 77.2 Å². The molecule has 4 nitrogen and oxygen atoms in total. The number of fused-ring (bicyclic) bond motifs is 1. The summed E-state index contributed by atoms with van der Waals surface area (Å²) in [6.07, 6.45) is 1.01. The zero-order valence-corrected chi connectivity index (χ0v) is 14.0. The number of hydrogen-bond acceptors (Lipinski definition) is 4. The Morgan fingerprint density at radius 2 is 1.76 bits per heavy atom. The fraction of sp³-hybridized carbons (Fsp3) is 0.200. The minimum Gasteiger partial charge on any atom is -0.352 e. The van der Waals surface area contributed by atoms with Gasteiger partial charge in [-0.1, -0.05) is 24.3 Å². The molecule has 1 aliphatic rings. The highest BCUT2D eigenvalue weighted by molar-refractivity contribution is 5.56. The summed E-state index contributed by atoms with van der Waals surface area (Å²) in [5.41, 5.74) is 4.42. The molecule has 1 aromatic heterocycles. The third kappa shape index (κ3) is 3.45. The average Bonchev–Trinajstić information content (AvgIpc) is 2.63. The normalized spacial score (nSPS) is 13.4. The third-order valence-corrected chi connectivity index (χ3v) is 4.40. The number of rotatable bonds is 3. The lowest BCUT2D eigenvalue weighted by atomic mass is 10.00. The topological polar surface area (TPSA) is 41.1 Å². The molecule has 0 aliphatic carbocycles. The van der Waals surface area contributed by atoms with E-state index in [0.29, 0.717) is 5.95 Å². The highest BCUT2D eigenvalue weighted by atomic mass is 19.1. The summed E-state index contributed by atoms with van der Waals surface area (Å²) in [5, 5.41) is 3.16.